The van der Waals surface area contributed by atoms with E-state index in [1.165, 1.54) is 12.3 Å². The Balaban J connectivity index is 3.20. The number of nitrogens with one attached hydrogen (secondary N) is 1. The predicted octanol–water partition coefficient (Wildman–Crippen LogP) is -0.338. The van der Waals surface area contributed by atoms with E-state index in [1.54, 1.807) is 6.07 Å². The lowest BCUT2D eigenvalue weighted by molar-refractivity contribution is 0.595. The summed E-state index contributed by atoms with van der Waals surface area (Å²) in [4.78, 5) is 2.46. The maximum atomic E-state index is 10.4. The molecular formula is C4H6N2O2S. The normalized spacial score (nSPS) is 11.7. The monoisotopic (exact) mass is 146 g/mol. The minimum atomic E-state index is -3.52. The zero-order valence-corrected chi connectivity index (χ0v) is 5.35. The number of sulfonamides is 1. The Bertz CT molecular complexity index is 274. The number of hydrogen-bond acceptors (Lipinski definition) is 2. The first-order chi connectivity index (χ1) is 4.11. The standard InChI is InChI=1S/C4H6N2O2S/c5-9(7,8)4-2-1-3-6-4/h1-3,6H,(H2,5,7,8). The molecule has 0 aliphatic heterocycles. The fourth-order valence-corrected chi connectivity index (χ4v) is 0.991. The quantitative estimate of drug-likeness (QED) is 0.568. The van der Waals surface area contributed by atoms with E-state index in [1.807, 2.05) is 0 Å². The maximum absolute atomic E-state index is 10.4. The van der Waals surface area contributed by atoms with Crippen LogP contribution in [0, 0.1) is 0 Å². The smallest absolute Gasteiger partial charge is 0.253 e. The number of rotatable bonds is 1. The molecule has 0 bridgehead atoms. The Morgan fingerprint density at radius 2 is 2.22 bits per heavy atom. The molecule has 0 spiro atoms. The second-order valence-electron chi connectivity index (χ2n) is 1.58. The lowest BCUT2D eigenvalue weighted by atomic mass is 10.7. The maximum Gasteiger partial charge on any atom is 0.253 e. The minimum Gasteiger partial charge on any atom is -0.351 e. The molecule has 1 aromatic heterocycles. The van der Waals surface area contributed by atoms with Crippen molar-refractivity contribution in [1.82, 2.24) is 4.98 Å². The van der Waals surface area contributed by atoms with Gasteiger partial charge >= 0.3 is 0 Å². The first-order valence-electron chi connectivity index (χ1n) is 2.27. The number of primary sulfonamides is 1. The van der Waals surface area contributed by atoms with E-state index in [2.05, 4.69) is 4.98 Å². The summed E-state index contributed by atoms with van der Waals surface area (Å²) in [6.07, 6.45) is 1.50. The molecule has 0 aliphatic rings. The molecule has 0 amide bonds. The Kier molecular flexibility index (Phi) is 1.30. The van der Waals surface area contributed by atoms with Gasteiger partial charge in [0.2, 0.25) is 0 Å². The number of aromatic nitrogens is 1. The number of H-pyrrole nitrogens is 1. The molecular weight excluding hydrogens is 140 g/mol. The van der Waals surface area contributed by atoms with Crippen LogP contribution < -0.4 is 5.14 Å². The van der Waals surface area contributed by atoms with Gasteiger partial charge in [0.05, 0.1) is 0 Å². The van der Waals surface area contributed by atoms with Crippen LogP contribution in [0.15, 0.2) is 23.4 Å². The molecule has 4 nitrogen and oxygen atoms in total. The summed E-state index contributed by atoms with van der Waals surface area (Å²) >= 11 is 0. The second kappa shape index (κ2) is 1.85. The molecule has 0 saturated carbocycles. The zero-order chi connectivity index (χ0) is 6.91. The van der Waals surface area contributed by atoms with Crippen molar-refractivity contribution < 1.29 is 8.42 Å². The summed E-state index contributed by atoms with van der Waals surface area (Å²) in [5.41, 5.74) is 0. The molecule has 0 aromatic carbocycles. The van der Waals surface area contributed by atoms with Crippen molar-refractivity contribution in [3.8, 4) is 0 Å². The van der Waals surface area contributed by atoms with Gasteiger partial charge in [-0.25, -0.2) is 13.6 Å². The molecule has 1 rings (SSSR count). The molecule has 5 heteroatoms. The molecule has 3 N–H and O–H groups in total. The van der Waals surface area contributed by atoms with Gasteiger partial charge in [-0.1, -0.05) is 0 Å². The van der Waals surface area contributed by atoms with Crippen LogP contribution in [-0.4, -0.2) is 13.4 Å². The van der Waals surface area contributed by atoms with Gasteiger partial charge < -0.3 is 4.98 Å². The fraction of sp³-hybridized carbons (Fsp3) is 0. The topological polar surface area (TPSA) is 76.0 Å². The Hall–Kier alpha value is -0.810. The highest BCUT2D eigenvalue weighted by molar-refractivity contribution is 7.89. The Morgan fingerprint density at radius 3 is 2.44 bits per heavy atom. The highest BCUT2D eigenvalue weighted by atomic mass is 32.2. The van der Waals surface area contributed by atoms with Gasteiger partial charge in [0.25, 0.3) is 10.0 Å². The van der Waals surface area contributed by atoms with Crippen LogP contribution in [-0.2, 0) is 10.0 Å². The summed E-state index contributed by atoms with van der Waals surface area (Å²) in [5, 5.41) is 4.79. The highest BCUT2D eigenvalue weighted by Crippen LogP contribution is 1.99. The van der Waals surface area contributed by atoms with Gasteiger partial charge in [-0.05, 0) is 12.1 Å². The average Bonchev–Trinajstić information content (AvgIpc) is 2.08. The number of aromatic amines is 1. The van der Waals surface area contributed by atoms with Crippen molar-refractivity contribution in [2.75, 3.05) is 0 Å². The van der Waals surface area contributed by atoms with Crippen LogP contribution >= 0.6 is 0 Å². The SMILES string of the molecule is NS(=O)(=O)c1ccc[nH]1. The van der Waals surface area contributed by atoms with Crippen molar-refractivity contribution in [3.05, 3.63) is 18.3 Å². The van der Waals surface area contributed by atoms with Crippen LogP contribution in [0.2, 0.25) is 0 Å². The van der Waals surface area contributed by atoms with E-state index >= 15 is 0 Å². The van der Waals surface area contributed by atoms with Gasteiger partial charge in [-0.2, -0.15) is 0 Å². The predicted molar refractivity (Wildman–Crippen MR) is 32.2 cm³/mol. The zero-order valence-electron chi connectivity index (χ0n) is 4.53. The summed E-state index contributed by atoms with van der Waals surface area (Å²) < 4.78 is 20.9. The molecule has 0 fully saturated rings. The first kappa shape index (κ1) is 6.31. The third kappa shape index (κ3) is 1.30. The average molecular weight is 146 g/mol. The molecule has 50 valence electrons. The van der Waals surface area contributed by atoms with Gasteiger partial charge in [0, 0.05) is 6.20 Å². The molecule has 1 aromatic rings. The minimum absolute atomic E-state index is 0.0440. The lowest BCUT2D eigenvalue weighted by Crippen LogP contribution is -2.12. The van der Waals surface area contributed by atoms with E-state index < -0.39 is 10.0 Å². The van der Waals surface area contributed by atoms with E-state index in [4.69, 9.17) is 5.14 Å². The number of nitrogens with two attached hydrogens (primary N) is 1. The third-order valence-corrected chi connectivity index (χ3v) is 1.74. The van der Waals surface area contributed by atoms with Crippen LogP contribution in [0.4, 0.5) is 0 Å². The second-order valence-corrected chi connectivity index (χ2v) is 3.11. The molecule has 0 radical (unpaired) electrons. The van der Waals surface area contributed by atoms with E-state index in [-0.39, 0.29) is 5.03 Å². The van der Waals surface area contributed by atoms with Crippen LogP contribution in [0.3, 0.4) is 0 Å². The third-order valence-electron chi connectivity index (χ3n) is 0.876. The molecule has 0 unspecified atom stereocenters. The van der Waals surface area contributed by atoms with Crippen LogP contribution in [0.1, 0.15) is 0 Å². The first-order valence-corrected chi connectivity index (χ1v) is 3.81. The van der Waals surface area contributed by atoms with Gasteiger partial charge in [-0.15, -0.1) is 0 Å². The van der Waals surface area contributed by atoms with Crippen molar-refractivity contribution in [3.63, 3.8) is 0 Å². The lowest BCUT2D eigenvalue weighted by Gasteiger charge is -1.87. The Labute approximate surface area is 52.7 Å². The van der Waals surface area contributed by atoms with Gasteiger partial charge in [0.1, 0.15) is 5.03 Å². The molecule has 0 saturated heterocycles. The largest absolute Gasteiger partial charge is 0.351 e. The van der Waals surface area contributed by atoms with Gasteiger partial charge in [0.15, 0.2) is 0 Å². The summed E-state index contributed by atoms with van der Waals surface area (Å²) in [7, 11) is -3.52. The summed E-state index contributed by atoms with van der Waals surface area (Å²) in [6.45, 7) is 0. The fourth-order valence-electron chi connectivity index (χ4n) is 0.491. The molecule has 9 heavy (non-hydrogen) atoms. The summed E-state index contributed by atoms with van der Waals surface area (Å²) in [6, 6.07) is 2.97. The highest BCUT2D eigenvalue weighted by Gasteiger charge is 2.05. The van der Waals surface area contributed by atoms with Crippen molar-refractivity contribution >= 4 is 10.0 Å². The Morgan fingerprint density at radius 1 is 1.56 bits per heavy atom. The van der Waals surface area contributed by atoms with Crippen molar-refractivity contribution in [2.45, 2.75) is 5.03 Å². The molecule has 1 heterocycles. The van der Waals surface area contributed by atoms with E-state index in [0.29, 0.717) is 0 Å². The van der Waals surface area contributed by atoms with Crippen molar-refractivity contribution in [1.29, 1.82) is 0 Å². The van der Waals surface area contributed by atoms with Crippen LogP contribution in [0.5, 0.6) is 0 Å². The van der Waals surface area contributed by atoms with Crippen LogP contribution in [0.25, 0.3) is 0 Å². The molecule has 0 atom stereocenters. The van der Waals surface area contributed by atoms with E-state index in [0.717, 1.165) is 0 Å². The van der Waals surface area contributed by atoms with E-state index in [9.17, 15) is 8.42 Å². The van der Waals surface area contributed by atoms with Gasteiger partial charge in [-0.3, -0.25) is 0 Å². The number of hydrogen-bond donors (Lipinski definition) is 2. The summed E-state index contributed by atoms with van der Waals surface area (Å²) in [5.74, 6) is 0. The molecule has 0 aliphatic carbocycles. The van der Waals surface area contributed by atoms with Crippen molar-refractivity contribution in [2.24, 2.45) is 5.14 Å².